The van der Waals surface area contributed by atoms with Gasteiger partial charge in [0.25, 0.3) is 0 Å². The highest BCUT2D eigenvalue weighted by atomic mass is 32.2. The number of nitrogens with zero attached hydrogens (tertiary/aromatic N) is 3. The van der Waals surface area contributed by atoms with Crippen LogP contribution in [0.15, 0.2) is 17.4 Å². The van der Waals surface area contributed by atoms with Crippen molar-refractivity contribution in [1.29, 1.82) is 0 Å². The molecule has 0 amide bonds. The first-order chi connectivity index (χ1) is 9.61. The van der Waals surface area contributed by atoms with E-state index >= 15 is 0 Å². The molecule has 0 atom stereocenters. The highest BCUT2D eigenvalue weighted by molar-refractivity contribution is 7.99. The molecule has 0 aromatic carbocycles. The van der Waals surface area contributed by atoms with Crippen LogP contribution in [0.1, 0.15) is 12.0 Å². The summed E-state index contributed by atoms with van der Waals surface area (Å²) >= 11 is 3.05. The third-order valence-corrected chi connectivity index (χ3v) is 4.40. The van der Waals surface area contributed by atoms with Gasteiger partial charge in [0.15, 0.2) is 10.8 Å². The molecule has 0 bridgehead atoms. The molecular formula is C13H17N3O2S2. The van der Waals surface area contributed by atoms with Crippen LogP contribution in [0.25, 0.3) is 11.2 Å². The van der Waals surface area contributed by atoms with Crippen molar-refractivity contribution in [3.05, 3.63) is 17.8 Å². The van der Waals surface area contributed by atoms with Crippen LogP contribution in [-0.4, -0.2) is 43.4 Å². The number of aryl methyl sites for hydroxylation is 2. The van der Waals surface area contributed by atoms with E-state index in [1.165, 1.54) is 11.8 Å². The molecule has 2 aromatic rings. The quantitative estimate of drug-likeness (QED) is 0.626. The third kappa shape index (κ3) is 3.67. The smallest absolute Gasteiger partial charge is 0.313 e. The van der Waals surface area contributed by atoms with Crippen molar-refractivity contribution in [3.8, 4) is 0 Å². The number of aliphatic carboxylic acids is 1. The molecule has 0 saturated carbocycles. The average Bonchev–Trinajstić information content (AvgIpc) is 2.74. The predicted octanol–water partition coefficient (Wildman–Crippen LogP) is 2.67. The number of carbonyl (C=O) groups is 1. The van der Waals surface area contributed by atoms with Gasteiger partial charge in [-0.3, -0.25) is 4.79 Å². The molecule has 2 heterocycles. The molecule has 0 aliphatic rings. The molecular weight excluding hydrogens is 294 g/mol. The molecule has 0 aliphatic heterocycles. The van der Waals surface area contributed by atoms with E-state index < -0.39 is 5.97 Å². The van der Waals surface area contributed by atoms with Gasteiger partial charge in [0.2, 0.25) is 0 Å². The van der Waals surface area contributed by atoms with E-state index in [1.807, 2.05) is 23.8 Å². The maximum Gasteiger partial charge on any atom is 0.313 e. The van der Waals surface area contributed by atoms with Crippen molar-refractivity contribution in [2.24, 2.45) is 0 Å². The van der Waals surface area contributed by atoms with Crippen molar-refractivity contribution in [3.63, 3.8) is 0 Å². The first-order valence-electron chi connectivity index (χ1n) is 6.28. The SMILES string of the molecule is CSCCCn1c(SCC(=O)O)nc2cc(C)cnc21. The molecule has 0 aliphatic carbocycles. The van der Waals surface area contributed by atoms with E-state index in [9.17, 15) is 4.79 Å². The summed E-state index contributed by atoms with van der Waals surface area (Å²) < 4.78 is 2.03. The van der Waals surface area contributed by atoms with Crippen LogP contribution >= 0.6 is 23.5 Å². The number of hydrogen-bond acceptors (Lipinski definition) is 5. The zero-order chi connectivity index (χ0) is 14.5. The lowest BCUT2D eigenvalue weighted by Gasteiger charge is -2.06. The molecule has 5 nitrogen and oxygen atoms in total. The van der Waals surface area contributed by atoms with Crippen LogP contribution in [0.3, 0.4) is 0 Å². The zero-order valence-electron chi connectivity index (χ0n) is 11.5. The molecule has 0 fully saturated rings. The summed E-state index contributed by atoms with van der Waals surface area (Å²) in [6.07, 6.45) is 4.91. The average molecular weight is 311 g/mol. The minimum atomic E-state index is -0.832. The maximum atomic E-state index is 10.7. The Labute approximate surface area is 126 Å². The highest BCUT2D eigenvalue weighted by Gasteiger charge is 2.13. The number of rotatable bonds is 7. The minimum absolute atomic E-state index is 0.0187. The van der Waals surface area contributed by atoms with E-state index in [0.717, 1.165) is 40.6 Å². The van der Waals surface area contributed by atoms with Crippen molar-refractivity contribution in [2.45, 2.75) is 25.0 Å². The van der Waals surface area contributed by atoms with Gasteiger partial charge in [-0.25, -0.2) is 9.97 Å². The van der Waals surface area contributed by atoms with E-state index in [0.29, 0.717) is 0 Å². The Bertz CT molecular complexity index is 613. The van der Waals surface area contributed by atoms with E-state index in [4.69, 9.17) is 5.11 Å². The number of hydrogen-bond donors (Lipinski definition) is 1. The lowest BCUT2D eigenvalue weighted by molar-refractivity contribution is -0.133. The van der Waals surface area contributed by atoms with Gasteiger partial charge in [-0.05, 0) is 37.0 Å². The normalized spacial score (nSPS) is 11.1. The lowest BCUT2D eigenvalue weighted by atomic mass is 10.3. The van der Waals surface area contributed by atoms with Crippen molar-refractivity contribution < 1.29 is 9.90 Å². The Morgan fingerprint density at radius 3 is 3.00 bits per heavy atom. The topological polar surface area (TPSA) is 68.0 Å². The second kappa shape index (κ2) is 6.99. The second-order valence-corrected chi connectivity index (χ2v) is 6.36. The largest absolute Gasteiger partial charge is 0.481 e. The van der Waals surface area contributed by atoms with Crippen LogP contribution in [0.5, 0.6) is 0 Å². The Balaban J connectivity index is 2.31. The van der Waals surface area contributed by atoms with Gasteiger partial charge in [-0.2, -0.15) is 11.8 Å². The van der Waals surface area contributed by atoms with Crippen molar-refractivity contribution in [2.75, 3.05) is 17.8 Å². The molecule has 2 aromatic heterocycles. The standard InChI is InChI=1S/C13H17N3O2S2/c1-9-6-10-12(14-7-9)16(4-3-5-19-2)13(15-10)20-8-11(17)18/h6-7H,3-5,8H2,1-2H3,(H,17,18). The molecule has 1 N–H and O–H groups in total. The predicted molar refractivity (Wildman–Crippen MR) is 83.6 cm³/mol. The summed E-state index contributed by atoms with van der Waals surface area (Å²) in [5.41, 5.74) is 2.73. The molecule has 108 valence electrons. The Morgan fingerprint density at radius 2 is 2.30 bits per heavy atom. The van der Waals surface area contributed by atoms with E-state index in [1.54, 1.807) is 11.8 Å². The second-order valence-electron chi connectivity index (χ2n) is 4.43. The van der Waals surface area contributed by atoms with Crippen LogP contribution < -0.4 is 0 Å². The summed E-state index contributed by atoms with van der Waals surface area (Å²) in [4.78, 5) is 19.7. The highest BCUT2D eigenvalue weighted by Crippen LogP contribution is 2.24. The van der Waals surface area contributed by atoms with Gasteiger partial charge in [-0.1, -0.05) is 11.8 Å². The molecule has 0 spiro atoms. The fourth-order valence-electron chi connectivity index (χ4n) is 1.90. The minimum Gasteiger partial charge on any atom is -0.481 e. The number of fused-ring (bicyclic) bond motifs is 1. The molecule has 0 saturated heterocycles. The zero-order valence-corrected chi connectivity index (χ0v) is 13.1. The third-order valence-electron chi connectivity index (χ3n) is 2.74. The Kier molecular flexibility index (Phi) is 5.31. The maximum absolute atomic E-state index is 10.7. The lowest BCUT2D eigenvalue weighted by Crippen LogP contribution is -2.05. The van der Waals surface area contributed by atoms with Crippen LogP contribution in [0.2, 0.25) is 0 Å². The van der Waals surface area contributed by atoms with Crippen molar-refractivity contribution in [1.82, 2.24) is 14.5 Å². The van der Waals surface area contributed by atoms with E-state index in [2.05, 4.69) is 16.2 Å². The van der Waals surface area contributed by atoms with Gasteiger partial charge < -0.3 is 9.67 Å². The van der Waals surface area contributed by atoms with Gasteiger partial charge in [0, 0.05) is 12.7 Å². The fourth-order valence-corrected chi connectivity index (χ4v) is 3.06. The van der Waals surface area contributed by atoms with Gasteiger partial charge in [0.1, 0.15) is 5.52 Å². The Morgan fingerprint density at radius 1 is 1.50 bits per heavy atom. The number of imidazole rings is 1. The van der Waals surface area contributed by atoms with Gasteiger partial charge >= 0.3 is 5.97 Å². The first-order valence-corrected chi connectivity index (χ1v) is 8.66. The van der Waals surface area contributed by atoms with Crippen molar-refractivity contribution >= 4 is 40.7 Å². The van der Waals surface area contributed by atoms with Gasteiger partial charge in [-0.15, -0.1) is 0 Å². The number of carboxylic acid groups (broad SMARTS) is 1. The molecule has 20 heavy (non-hydrogen) atoms. The number of pyridine rings is 1. The summed E-state index contributed by atoms with van der Waals surface area (Å²) in [6, 6.07) is 1.98. The first kappa shape index (κ1) is 15.2. The summed E-state index contributed by atoms with van der Waals surface area (Å²) in [5.74, 6) is 0.251. The van der Waals surface area contributed by atoms with Crippen LogP contribution in [0.4, 0.5) is 0 Å². The summed E-state index contributed by atoms with van der Waals surface area (Å²) in [6.45, 7) is 2.79. The van der Waals surface area contributed by atoms with Crippen LogP contribution in [-0.2, 0) is 11.3 Å². The molecule has 2 rings (SSSR count). The number of thioether (sulfide) groups is 2. The van der Waals surface area contributed by atoms with Gasteiger partial charge in [0.05, 0.1) is 5.75 Å². The molecule has 7 heteroatoms. The molecule has 0 radical (unpaired) electrons. The summed E-state index contributed by atoms with van der Waals surface area (Å²) in [5, 5.41) is 9.56. The number of carboxylic acids is 1. The summed E-state index contributed by atoms with van der Waals surface area (Å²) in [7, 11) is 0. The monoisotopic (exact) mass is 311 g/mol. The fraction of sp³-hybridized carbons (Fsp3) is 0.462. The van der Waals surface area contributed by atoms with Crippen LogP contribution in [0, 0.1) is 6.92 Å². The molecule has 0 unspecified atom stereocenters. The van der Waals surface area contributed by atoms with E-state index in [-0.39, 0.29) is 5.75 Å². The number of aromatic nitrogens is 3. The Hall–Kier alpha value is -1.21.